The number of carboxylic acids is 1. The van der Waals surface area contributed by atoms with E-state index >= 15 is 0 Å². The Morgan fingerprint density at radius 1 is 1.47 bits per heavy atom. The van der Waals surface area contributed by atoms with Crippen LogP contribution in [0.15, 0.2) is 24.3 Å². The van der Waals surface area contributed by atoms with Gasteiger partial charge in [-0.25, -0.2) is 9.59 Å². The zero-order valence-corrected chi connectivity index (χ0v) is 11.2. The van der Waals surface area contributed by atoms with Crippen molar-refractivity contribution in [2.45, 2.75) is 19.6 Å². The van der Waals surface area contributed by atoms with E-state index in [4.69, 9.17) is 9.84 Å². The van der Waals surface area contributed by atoms with Gasteiger partial charge in [0.15, 0.2) is 0 Å². The Balaban J connectivity index is 2.71. The number of methoxy groups -OCH3 is 1. The van der Waals surface area contributed by atoms with E-state index in [9.17, 15) is 9.59 Å². The lowest BCUT2D eigenvalue weighted by Crippen LogP contribution is -2.42. The highest BCUT2D eigenvalue weighted by molar-refractivity contribution is 5.92. The average molecular weight is 266 g/mol. The molecule has 0 heterocycles. The maximum absolute atomic E-state index is 11.8. The number of carboxylic acid groups (broad SMARTS) is 1. The number of hydrogen-bond donors (Lipinski definition) is 2. The SMILES string of the molecule is COCc1cccc(NC(=O)N(C)C(C)C(=O)O)c1. The number of anilines is 1. The van der Waals surface area contributed by atoms with Gasteiger partial charge in [-0.2, -0.15) is 0 Å². The maximum Gasteiger partial charge on any atom is 0.326 e. The lowest BCUT2D eigenvalue weighted by Gasteiger charge is -2.22. The second-order valence-electron chi connectivity index (χ2n) is 4.19. The lowest BCUT2D eigenvalue weighted by molar-refractivity contribution is -0.141. The summed E-state index contributed by atoms with van der Waals surface area (Å²) in [4.78, 5) is 23.8. The zero-order valence-electron chi connectivity index (χ0n) is 11.2. The second kappa shape index (κ2) is 6.75. The molecule has 0 bridgehead atoms. The predicted octanol–water partition coefficient (Wildman–Crippen LogP) is 1.77. The molecule has 2 N–H and O–H groups in total. The summed E-state index contributed by atoms with van der Waals surface area (Å²) in [6, 6.07) is 5.83. The van der Waals surface area contributed by atoms with Gasteiger partial charge in [0.05, 0.1) is 6.61 Å². The minimum atomic E-state index is -1.05. The Morgan fingerprint density at radius 2 is 2.16 bits per heavy atom. The van der Waals surface area contributed by atoms with Crippen molar-refractivity contribution in [2.75, 3.05) is 19.5 Å². The Labute approximate surface area is 112 Å². The van der Waals surface area contributed by atoms with Crippen LogP contribution in [0.5, 0.6) is 0 Å². The normalized spacial score (nSPS) is 11.7. The van der Waals surface area contributed by atoms with Crippen LogP contribution in [0.2, 0.25) is 0 Å². The molecule has 0 fully saturated rings. The number of aliphatic carboxylic acids is 1. The largest absolute Gasteiger partial charge is 0.480 e. The van der Waals surface area contributed by atoms with Gasteiger partial charge in [-0.15, -0.1) is 0 Å². The highest BCUT2D eigenvalue weighted by Crippen LogP contribution is 2.12. The fourth-order valence-corrected chi connectivity index (χ4v) is 1.46. The van der Waals surface area contributed by atoms with Crippen LogP contribution < -0.4 is 5.32 Å². The van der Waals surface area contributed by atoms with Crippen molar-refractivity contribution in [3.05, 3.63) is 29.8 Å². The third-order valence-electron chi connectivity index (χ3n) is 2.75. The van der Waals surface area contributed by atoms with Crippen LogP contribution in [-0.2, 0) is 16.1 Å². The minimum absolute atomic E-state index is 0.449. The van der Waals surface area contributed by atoms with Crippen molar-refractivity contribution in [1.82, 2.24) is 4.90 Å². The van der Waals surface area contributed by atoms with E-state index in [1.54, 1.807) is 25.3 Å². The van der Waals surface area contributed by atoms with E-state index in [-0.39, 0.29) is 0 Å². The molecule has 0 saturated carbocycles. The quantitative estimate of drug-likeness (QED) is 0.851. The number of amides is 2. The molecule has 0 spiro atoms. The molecule has 6 nitrogen and oxygen atoms in total. The number of likely N-dealkylation sites (N-methyl/N-ethyl adjacent to an activating group) is 1. The van der Waals surface area contributed by atoms with Gasteiger partial charge in [0.1, 0.15) is 6.04 Å². The van der Waals surface area contributed by atoms with Crippen LogP contribution >= 0.6 is 0 Å². The van der Waals surface area contributed by atoms with Crippen LogP contribution in [0.4, 0.5) is 10.5 Å². The van der Waals surface area contributed by atoms with Gasteiger partial charge in [0, 0.05) is 19.8 Å². The van der Waals surface area contributed by atoms with Crippen molar-refractivity contribution in [3.8, 4) is 0 Å². The van der Waals surface area contributed by atoms with Crippen molar-refractivity contribution >= 4 is 17.7 Å². The molecule has 0 aliphatic rings. The van der Waals surface area contributed by atoms with E-state index in [1.165, 1.54) is 14.0 Å². The molecular weight excluding hydrogens is 248 g/mol. The van der Waals surface area contributed by atoms with Gasteiger partial charge >= 0.3 is 12.0 Å². The van der Waals surface area contributed by atoms with E-state index < -0.39 is 18.0 Å². The first-order valence-corrected chi connectivity index (χ1v) is 5.80. The summed E-state index contributed by atoms with van der Waals surface area (Å²) in [6.07, 6.45) is 0. The first kappa shape index (κ1) is 15.0. The molecule has 1 atom stereocenters. The number of carbonyl (C=O) groups excluding carboxylic acids is 1. The van der Waals surface area contributed by atoms with E-state index in [1.807, 2.05) is 6.07 Å². The molecule has 19 heavy (non-hydrogen) atoms. The number of rotatable bonds is 5. The van der Waals surface area contributed by atoms with Gasteiger partial charge in [0.25, 0.3) is 0 Å². The van der Waals surface area contributed by atoms with Crippen LogP contribution in [0.25, 0.3) is 0 Å². The summed E-state index contributed by atoms with van der Waals surface area (Å²) < 4.78 is 5.00. The van der Waals surface area contributed by atoms with E-state index in [0.717, 1.165) is 10.5 Å². The van der Waals surface area contributed by atoms with E-state index in [2.05, 4.69) is 5.32 Å². The van der Waals surface area contributed by atoms with Crippen LogP contribution in [0, 0.1) is 0 Å². The standard InChI is InChI=1S/C13H18N2O4/c1-9(12(16)17)15(2)13(18)14-11-6-4-5-10(7-11)8-19-3/h4-7,9H,8H2,1-3H3,(H,14,18)(H,16,17). The summed E-state index contributed by atoms with van der Waals surface area (Å²) in [5, 5.41) is 11.5. The smallest absolute Gasteiger partial charge is 0.326 e. The van der Waals surface area contributed by atoms with Crippen molar-refractivity contribution in [1.29, 1.82) is 0 Å². The summed E-state index contributed by atoms with van der Waals surface area (Å²) in [5.41, 5.74) is 1.53. The monoisotopic (exact) mass is 266 g/mol. The number of urea groups is 1. The molecule has 6 heteroatoms. The molecule has 0 radical (unpaired) electrons. The minimum Gasteiger partial charge on any atom is -0.480 e. The zero-order chi connectivity index (χ0) is 14.4. The lowest BCUT2D eigenvalue weighted by atomic mass is 10.2. The molecule has 0 aliphatic heterocycles. The first-order valence-electron chi connectivity index (χ1n) is 5.80. The first-order chi connectivity index (χ1) is 8.95. The number of benzene rings is 1. The molecule has 1 unspecified atom stereocenters. The Hall–Kier alpha value is -2.08. The Morgan fingerprint density at radius 3 is 2.74 bits per heavy atom. The highest BCUT2D eigenvalue weighted by Gasteiger charge is 2.21. The van der Waals surface area contributed by atoms with Crippen LogP contribution in [0.1, 0.15) is 12.5 Å². The summed E-state index contributed by atoms with van der Waals surface area (Å²) >= 11 is 0. The van der Waals surface area contributed by atoms with Gasteiger partial charge in [-0.1, -0.05) is 12.1 Å². The number of hydrogen-bond acceptors (Lipinski definition) is 3. The molecule has 2 amide bonds. The Bertz CT molecular complexity index is 462. The van der Waals surface area contributed by atoms with E-state index in [0.29, 0.717) is 12.3 Å². The second-order valence-corrected chi connectivity index (χ2v) is 4.19. The third-order valence-corrected chi connectivity index (χ3v) is 2.75. The number of carbonyl (C=O) groups is 2. The van der Waals surface area contributed by atoms with Gasteiger partial charge < -0.3 is 20.1 Å². The van der Waals surface area contributed by atoms with Gasteiger partial charge in [-0.3, -0.25) is 0 Å². The fourth-order valence-electron chi connectivity index (χ4n) is 1.46. The third kappa shape index (κ3) is 4.26. The predicted molar refractivity (Wildman–Crippen MR) is 71.0 cm³/mol. The number of nitrogens with zero attached hydrogens (tertiary/aromatic N) is 1. The Kier molecular flexibility index (Phi) is 5.32. The van der Waals surface area contributed by atoms with Gasteiger partial charge in [0.2, 0.25) is 0 Å². The summed E-state index contributed by atoms with van der Waals surface area (Å²) in [6.45, 7) is 1.90. The van der Waals surface area contributed by atoms with Crippen molar-refractivity contribution in [2.24, 2.45) is 0 Å². The highest BCUT2D eigenvalue weighted by atomic mass is 16.5. The molecule has 0 saturated heterocycles. The van der Waals surface area contributed by atoms with Crippen LogP contribution in [-0.4, -0.2) is 42.2 Å². The number of ether oxygens (including phenoxy) is 1. The summed E-state index contributed by atoms with van der Waals surface area (Å²) in [7, 11) is 3.03. The molecule has 0 aromatic heterocycles. The maximum atomic E-state index is 11.8. The van der Waals surface area contributed by atoms with Crippen molar-refractivity contribution in [3.63, 3.8) is 0 Å². The molecule has 104 valence electrons. The van der Waals surface area contributed by atoms with Gasteiger partial charge in [-0.05, 0) is 24.6 Å². The summed E-state index contributed by atoms with van der Waals surface area (Å²) in [5.74, 6) is -1.05. The number of nitrogens with one attached hydrogen (secondary N) is 1. The van der Waals surface area contributed by atoms with Crippen LogP contribution in [0.3, 0.4) is 0 Å². The molecule has 1 aromatic rings. The molecular formula is C13H18N2O4. The fraction of sp³-hybridized carbons (Fsp3) is 0.385. The van der Waals surface area contributed by atoms with Crippen molar-refractivity contribution < 1.29 is 19.4 Å². The topological polar surface area (TPSA) is 78.9 Å². The molecule has 1 aromatic carbocycles. The molecule has 1 rings (SSSR count). The molecule has 0 aliphatic carbocycles. The average Bonchev–Trinajstić information content (AvgIpc) is 2.37.